The van der Waals surface area contributed by atoms with Gasteiger partial charge in [0.1, 0.15) is 23.9 Å². The lowest BCUT2D eigenvalue weighted by Gasteiger charge is -2.49. The van der Waals surface area contributed by atoms with Crippen molar-refractivity contribution in [2.24, 2.45) is 29.1 Å². The summed E-state index contributed by atoms with van der Waals surface area (Å²) in [5.74, 6) is -10.6. The van der Waals surface area contributed by atoms with Gasteiger partial charge in [0.2, 0.25) is 23.6 Å². The molecule has 1 N–H and O–H groups in total. The SMILES string of the molecule is CC12C(=O)N(c3ccc(F)c(Cl)c3)C(=O)C1CC1C(=CCC3C(=O)N(c4cc(C(F)(F)F)cc(C(F)(F)F)c4)C(=O)C31)C2c1ccc(OCc2ccccc2)cc1O. The van der Waals surface area contributed by atoms with Crippen molar-refractivity contribution in [2.75, 3.05) is 9.80 Å². The second kappa shape index (κ2) is 13.7. The summed E-state index contributed by atoms with van der Waals surface area (Å²) >= 11 is 6.05. The normalized spacial score (nSPS) is 25.7. The van der Waals surface area contributed by atoms with Gasteiger partial charge in [0.05, 0.1) is 50.7 Å². The average Bonchev–Trinajstić information content (AvgIpc) is 3.54. The molecule has 8 nitrogen and oxygen atoms in total. The van der Waals surface area contributed by atoms with Gasteiger partial charge in [-0.2, -0.15) is 26.3 Å². The second-order valence-corrected chi connectivity index (χ2v) is 15.4. The summed E-state index contributed by atoms with van der Waals surface area (Å²) in [6.45, 7) is 1.66. The number of carbonyl (C=O) groups is 4. The molecule has 2 heterocycles. The molecule has 2 aliphatic carbocycles. The third kappa shape index (κ3) is 6.21. The largest absolute Gasteiger partial charge is 0.508 e. The molecule has 4 aliphatic rings. The number of anilines is 2. The molecule has 4 amide bonds. The summed E-state index contributed by atoms with van der Waals surface area (Å²) in [4.78, 5) is 58.6. The molecule has 4 aromatic carbocycles. The molecule has 4 aromatic rings. The van der Waals surface area contributed by atoms with Crippen molar-refractivity contribution in [2.45, 2.75) is 44.6 Å². The van der Waals surface area contributed by atoms with Gasteiger partial charge in [0.25, 0.3) is 0 Å². The highest BCUT2D eigenvalue weighted by Gasteiger charge is 2.68. The fourth-order valence-electron chi connectivity index (χ4n) is 9.15. The molecule has 16 heteroatoms. The third-order valence-corrected chi connectivity index (χ3v) is 12.1. The van der Waals surface area contributed by atoms with E-state index in [-0.39, 0.29) is 53.3 Å². The van der Waals surface area contributed by atoms with E-state index in [1.165, 1.54) is 25.1 Å². The Balaban J connectivity index is 1.23. The van der Waals surface area contributed by atoms with E-state index in [1.807, 2.05) is 30.3 Å². The number of phenols is 1. The number of ether oxygens (including phenoxy) is 1. The monoisotopic (exact) mass is 826 g/mol. The summed E-state index contributed by atoms with van der Waals surface area (Å²) in [6, 6.07) is 17.3. The minimum Gasteiger partial charge on any atom is -0.508 e. The van der Waals surface area contributed by atoms with Crippen LogP contribution in [0.1, 0.15) is 47.9 Å². The number of amides is 4. The van der Waals surface area contributed by atoms with E-state index in [1.54, 1.807) is 12.1 Å². The van der Waals surface area contributed by atoms with Crippen molar-refractivity contribution in [3.63, 3.8) is 0 Å². The number of aromatic hydroxyl groups is 1. The standard InChI is InChI=1S/C42H30ClF7N2O6/c1-40-30(37(55)52(39(40)57)23-7-12-32(44)31(43)16-23)18-29-26(35(40)27-9-8-25(17-33(27)53)58-19-20-5-3-2-4-6-20)10-11-28-34(29)38(56)51(36(28)54)24-14-21(41(45,46)47)13-22(15-24)42(48,49)50/h2-10,12-17,28-30,34-35,53H,11,18-19H2,1H3. The van der Waals surface area contributed by atoms with Crippen molar-refractivity contribution in [1.82, 2.24) is 0 Å². The van der Waals surface area contributed by atoms with Crippen LogP contribution in [0.2, 0.25) is 5.02 Å². The smallest absolute Gasteiger partial charge is 0.416 e. The van der Waals surface area contributed by atoms with Crippen LogP contribution in [0, 0.1) is 34.9 Å². The number of fused-ring (bicyclic) bond motifs is 4. The molecule has 0 aromatic heterocycles. The molecular formula is C42H30ClF7N2O6. The van der Waals surface area contributed by atoms with Crippen molar-refractivity contribution >= 4 is 46.6 Å². The Labute approximate surface area is 330 Å². The number of rotatable bonds is 6. The number of phenolic OH excluding ortho intramolecular Hbond substituents is 1. The lowest BCUT2D eigenvalue weighted by molar-refractivity contribution is -0.143. The minimum absolute atomic E-state index is 0.0530. The van der Waals surface area contributed by atoms with Gasteiger partial charge in [-0.25, -0.2) is 14.2 Å². The lowest BCUT2D eigenvalue weighted by atomic mass is 9.51. The van der Waals surface area contributed by atoms with Crippen LogP contribution in [-0.2, 0) is 38.1 Å². The van der Waals surface area contributed by atoms with Gasteiger partial charge < -0.3 is 9.84 Å². The Hall–Kier alpha value is -5.70. The van der Waals surface area contributed by atoms with Gasteiger partial charge in [0, 0.05) is 17.5 Å². The Morgan fingerprint density at radius 1 is 0.793 bits per heavy atom. The van der Waals surface area contributed by atoms with E-state index in [0.717, 1.165) is 22.6 Å². The highest BCUT2D eigenvalue weighted by atomic mass is 35.5. The molecule has 58 heavy (non-hydrogen) atoms. The molecule has 2 aliphatic heterocycles. The first-order valence-electron chi connectivity index (χ1n) is 18.0. The third-order valence-electron chi connectivity index (χ3n) is 11.8. The van der Waals surface area contributed by atoms with Crippen molar-refractivity contribution < 1.29 is 59.8 Å². The number of allylic oxidation sites excluding steroid dienone is 2. The fourth-order valence-corrected chi connectivity index (χ4v) is 9.32. The van der Waals surface area contributed by atoms with Crippen LogP contribution in [0.5, 0.6) is 11.5 Å². The number of nitrogens with zero attached hydrogens (tertiary/aromatic N) is 2. The molecule has 0 bridgehead atoms. The zero-order chi connectivity index (χ0) is 41.6. The molecule has 2 saturated heterocycles. The predicted octanol–water partition coefficient (Wildman–Crippen LogP) is 9.24. The van der Waals surface area contributed by atoms with Crippen molar-refractivity contribution in [3.8, 4) is 11.5 Å². The average molecular weight is 827 g/mol. The van der Waals surface area contributed by atoms with Crippen molar-refractivity contribution in [3.05, 3.63) is 130 Å². The van der Waals surface area contributed by atoms with E-state index >= 15 is 0 Å². The molecule has 0 radical (unpaired) electrons. The van der Waals surface area contributed by atoms with E-state index in [0.29, 0.717) is 22.6 Å². The van der Waals surface area contributed by atoms with Gasteiger partial charge >= 0.3 is 12.4 Å². The fraction of sp³-hybridized carbons (Fsp3) is 0.286. The van der Waals surface area contributed by atoms with Crippen LogP contribution in [0.25, 0.3) is 0 Å². The van der Waals surface area contributed by atoms with Gasteiger partial charge in [-0.3, -0.25) is 19.2 Å². The number of carbonyl (C=O) groups excluding carboxylic acids is 4. The van der Waals surface area contributed by atoms with Gasteiger partial charge in [-0.1, -0.05) is 59.6 Å². The minimum atomic E-state index is -5.26. The maximum Gasteiger partial charge on any atom is 0.416 e. The summed E-state index contributed by atoms with van der Waals surface area (Å²) < 4.78 is 103. The zero-order valence-electron chi connectivity index (χ0n) is 30.1. The van der Waals surface area contributed by atoms with Gasteiger partial charge in [0.15, 0.2) is 0 Å². The molecule has 3 fully saturated rings. The maximum atomic E-state index is 14.7. The molecule has 6 atom stereocenters. The van der Waals surface area contributed by atoms with Crippen LogP contribution >= 0.6 is 11.6 Å². The Morgan fingerprint density at radius 3 is 2.09 bits per heavy atom. The number of alkyl halides is 6. The van der Waals surface area contributed by atoms with Crippen LogP contribution in [0.3, 0.4) is 0 Å². The zero-order valence-corrected chi connectivity index (χ0v) is 30.8. The first-order chi connectivity index (χ1) is 27.3. The quantitative estimate of drug-likeness (QED) is 0.118. The predicted molar refractivity (Wildman–Crippen MR) is 194 cm³/mol. The lowest BCUT2D eigenvalue weighted by Crippen LogP contribution is -2.48. The summed E-state index contributed by atoms with van der Waals surface area (Å²) in [5, 5.41) is 11.3. The molecule has 8 rings (SSSR count). The van der Waals surface area contributed by atoms with Gasteiger partial charge in [-0.15, -0.1) is 0 Å². The van der Waals surface area contributed by atoms with Crippen LogP contribution < -0.4 is 14.5 Å². The number of halogens is 8. The topological polar surface area (TPSA) is 104 Å². The van der Waals surface area contributed by atoms with E-state index in [4.69, 9.17) is 16.3 Å². The molecule has 300 valence electrons. The number of hydrogen-bond acceptors (Lipinski definition) is 6. The summed E-state index contributed by atoms with van der Waals surface area (Å²) in [6.07, 6.45) is -9.36. The first-order valence-corrected chi connectivity index (χ1v) is 18.4. The molecule has 6 unspecified atom stereocenters. The molecular weight excluding hydrogens is 797 g/mol. The number of benzene rings is 4. The highest BCUT2D eigenvalue weighted by molar-refractivity contribution is 6.32. The van der Waals surface area contributed by atoms with Crippen molar-refractivity contribution in [1.29, 1.82) is 0 Å². The number of hydrogen-bond donors (Lipinski definition) is 1. The Kier molecular flexibility index (Phi) is 9.25. The van der Waals surface area contributed by atoms with E-state index in [2.05, 4.69) is 0 Å². The molecule has 1 saturated carbocycles. The van der Waals surface area contributed by atoms with E-state index in [9.17, 15) is 55.0 Å². The van der Waals surface area contributed by atoms with Gasteiger partial charge in [-0.05, 0) is 73.7 Å². The Morgan fingerprint density at radius 2 is 1.47 bits per heavy atom. The van der Waals surface area contributed by atoms with Crippen LogP contribution in [-0.4, -0.2) is 28.7 Å². The second-order valence-electron chi connectivity index (χ2n) is 15.0. The summed E-state index contributed by atoms with van der Waals surface area (Å²) in [5.41, 5.74) is -4.73. The van der Waals surface area contributed by atoms with Crippen LogP contribution in [0.15, 0.2) is 96.6 Å². The van der Waals surface area contributed by atoms with E-state index < -0.39 is 93.6 Å². The Bertz CT molecular complexity index is 2400. The van der Waals surface area contributed by atoms with Crippen LogP contribution in [0.4, 0.5) is 42.1 Å². The maximum absolute atomic E-state index is 14.7. The highest BCUT2D eigenvalue weighted by Crippen LogP contribution is 2.64. The first kappa shape index (κ1) is 39.1. The summed E-state index contributed by atoms with van der Waals surface area (Å²) in [7, 11) is 0. The number of imide groups is 2. The molecule has 0 spiro atoms.